The lowest BCUT2D eigenvalue weighted by Gasteiger charge is -2.41. The van der Waals surface area contributed by atoms with E-state index in [0.717, 1.165) is 12.5 Å². The van der Waals surface area contributed by atoms with Gasteiger partial charge in [-0.05, 0) is 37.1 Å². The summed E-state index contributed by atoms with van der Waals surface area (Å²) in [6.45, 7) is 0.651. The molecule has 0 radical (unpaired) electrons. The Kier molecular flexibility index (Phi) is 5.26. The summed E-state index contributed by atoms with van der Waals surface area (Å²) in [4.78, 5) is 24.2. The molecule has 160 valence electrons. The lowest BCUT2D eigenvalue weighted by molar-refractivity contribution is -0.383. The van der Waals surface area contributed by atoms with Gasteiger partial charge in [0.15, 0.2) is 0 Å². The lowest BCUT2D eigenvalue weighted by Crippen LogP contribution is -2.51. The molecule has 9 heteroatoms. The summed E-state index contributed by atoms with van der Waals surface area (Å²) in [7, 11) is 0. The van der Waals surface area contributed by atoms with Crippen LogP contribution in [0.1, 0.15) is 28.8 Å². The molecule has 6 nitrogen and oxygen atoms in total. The lowest BCUT2D eigenvalue weighted by atomic mass is 10.0. The van der Waals surface area contributed by atoms with Crippen LogP contribution in [-0.4, -0.2) is 28.9 Å². The first kappa shape index (κ1) is 20.6. The normalized spacial score (nSPS) is 14.7. The van der Waals surface area contributed by atoms with Gasteiger partial charge in [0.05, 0.1) is 27.1 Å². The van der Waals surface area contributed by atoms with E-state index >= 15 is 0 Å². The van der Waals surface area contributed by atoms with Gasteiger partial charge < -0.3 is 0 Å². The number of alkyl halides is 3. The molecule has 0 N–H and O–H groups in total. The van der Waals surface area contributed by atoms with Crippen molar-refractivity contribution in [2.45, 2.75) is 19.0 Å². The van der Waals surface area contributed by atoms with E-state index in [9.17, 15) is 28.1 Å². The van der Waals surface area contributed by atoms with Gasteiger partial charge in [-0.15, -0.1) is 0 Å². The third-order valence-corrected chi connectivity index (χ3v) is 5.33. The fraction of sp³-hybridized carbons (Fsp3) is 0.227. The Morgan fingerprint density at radius 1 is 0.903 bits per heavy atom. The zero-order valence-corrected chi connectivity index (χ0v) is 16.3. The van der Waals surface area contributed by atoms with Crippen LogP contribution >= 0.6 is 0 Å². The average molecular weight is 429 g/mol. The Balaban J connectivity index is 1.81. The average Bonchev–Trinajstić information content (AvgIpc) is 2.77. The molecule has 1 fully saturated rings. The number of fused-ring (bicyclic) bond motifs is 1. The minimum Gasteiger partial charge on any atom is -0.282 e. The number of nitro groups is 1. The molecule has 0 bridgehead atoms. The van der Waals surface area contributed by atoms with E-state index in [0.29, 0.717) is 29.4 Å². The molecule has 0 aromatic heterocycles. The van der Waals surface area contributed by atoms with Crippen molar-refractivity contribution < 1.29 is 22.9 Å². The number of halogens is 3. The van der Waals surface area contributed by atoms with Gasteiger partial charge in [0.25, 0.3) is 11.6 Å². The number of non-ortho nitro benzene ring substituents is 1. The van der Waals surface area contributed by atoms with Crippen molar-refractivity contribution >= 4 is 28.1 Å². The van der Waals surface area contributed by atoms with Crippen molar-refractivity contribution in [3.05, 3.63) is 81.9 Å². The Morgan fingerprint density at radius 2 is 1.55 bits per heavy atom. The fourth-order valence-electron chi connectivity index (χ4n) is 3.93. The second-order valence-electron chi connectivity index (χ2n) is 7.21. The van der Waals surface area contributed by atoms with Crippen molar-refractivity contribution in [3.63, 3.8) is 0 Å². The minimum atomic E-state index is -4.66. The van der Waals surface area contributed by atoms with Crippen molar-refractivity contribution in [1.82, 2.24) is 5.01 Å². The van der Waals surface area contributed by atoms with Crippen LogP contribution in [0, 0.1) is 10.1 Å². The van der Waals surface area contributed by atoms with E-state index in [4.69, 9.17) is 0 Å². The number of carbonyl (C=O) groups excluding carboxylic acids is 1. The maximum atomic E-state index is 13.5. The van der Waals surface area contributed by atoms with Gasteiger partial charge in [-0.2, -0.15) is 13.2 Å². The topological polar surface area (TPSA) is 66.7 Å². The molecule has 3 aromatic carbocycles. The standard InChI is InChI=1S/C22H18F3N3O3/c23-22(24,25)18-10-4-3-9-17(18)21(29)27-14-6-5-13-26(27)19-11-12-20(28(30)31)16-8-2-1-7-15(16)19/h1-4,7-12H,5-6,13-14H2. The third kappa shape index (κ3) is 3.78. The maximum absolute atomic E-state index is 13.5. The Morgan fingerprint density at radius 3 is 2.26 bits per heavy atom. The molecule has 0 unspecified atom stereocenters. The monoisotopic (exact) mass is 429 g/mol. The number of benzene rings is 3. The van der Waals surface area contributed by atoms with Crippen molar-refractivity contribution in [2.24, 2.45) is 0 Å². The SMILES string of the molecule is O=C(c1ccccc1C(F)(F)F)N1CCCCN1c1ccc([N+](=O)[O-])c2ccccc12. The van der Waals surface area contributed by atoms with Crippen LogP contribution in [0.5, 0.6) is 0 Å². The first-order valence-corrected chi connectivity index (χ1v) is 9.70. The van der Waals surface area contributed by atoms with Crippen molar-refractivity contribution in [3.8, 4) is 0 Å². The zero-order valence-electron chi connectivity index (χ0n) is 16.3. The summed E-state index contributed by atoms with van der Waals surface area (Å²) in [5.41, 5.74) is -0.942. The fourth-order valence-corrected chi connectivity index (χ4v) is 3.93. The summed E-state index contributed by atoms with van der Waals surface area (Å²) < 4.78 is 40.4. The highest BCUT2D eigenvalue weighted by molar-refractivity contribution is 6.02. The van der Waals surface area contributed by atoms with Crippen LogP contribution in [0.4, 0.5) is 24.5 Å². The zero-order chi connectivity index (χ0) is 22.2. The first-order valence-electron chi connectivity index (χ1n) is 9.70. The largest absolute Gasteiger partial charge is 0.417 e. The molecule has 0 atom stereocenters. The first-order chi connectivity index (χ1) is 14.8. The Labute approximate surface area is 175 Å². The number of amides is 1. The summed E-state index contributed by atoms with van der Waals surface area (Å²) in [6, 6.07) is 14.3. The molecule has 31 heavy (non-hydrogen) atoms. The van der Waals surface area contributed by atoms with Gasteiger partial charge in [0.1, 0.15) is 0 Å². The molecule has 1 aliphatic rings. The quantitative estimate of drug-likeness (QED) is 0.412. The highest BCUT2D eigenvalue weighted by Gasteiger charge is 2.37. The van der Waals surface area contributed by atoms with Gasteiger partial charge in [-0.25, -0.2) is 5.01 Å². The summed E-state index contributed by atoms with van der Waals surface area (Å²) in [6.07, 6.45) is -3.29. The summed E-state index contributed by atoms with van der Waals surface area (Å²) >= 11 is 0. The number of hydrogen-bond donors (Lipinski definition) is 0. The predicted molar refractivity (Wildman–Crippen MR) is 110 cm³/mol. The van der Waals surface area contributed by atoms with Crippen LogP contribution in [0.15, 0.2) is 60.7 Å². The van der Waals surface area contributed by atoms with Crippen LogP contribution in [0.25, 0.3) is 10.8 Å². The molecular formula is C22H18F3N3O3. The Hall–Kier alpha value is -3.62. The van der Waals surface area contributed by atoms with E-state index in [1.54, 1.807) is 35.3 Å². The van der Waals surface area contributed by atoms with E-state index in [2.05, 4.69) is 0 Å². The molecule has 1 saturated heterocycles. The molecule has 3 aromatic rings. The highest BCUT2D eigenvalue weighted by atomic mass is 19.4. The van der Waals surface area contributed by atoms with Gasteiger partial charge in [0, 0.05) is 24.5 Å². The van der Waals surface area contributed by atoms with Gasteiger partial charge in [-0.1, -0.05) is 30.3 Å². The summed E-state index contributed by atoms with van der Waals surface area (Å²) in [5.74, 6) is -0.755. The van der Waals surface area contributed by atoms with E-state index in [1.165, 1.54) is 29.3 Å². The molecule has 1 heterocycles. The summed E-state index contributed by atoms with van der Waals surface area (Å²) in [5, 5.41) is 15.3. The van der Waals surface area contributed by atoms with Crippen molar-refractivity contribution in [2.75, 3.05) is 18.1 Å². The van der Waals surface area contributed by atoms with Crippen LogP contribution in [-0.2, 0) is 6.18 Å². The minimum absolute atomic E-state index is 0.0725. The number of rotatable bonds is 3. The second-order valence-corrected chi connectivity index (χ2v) is 7.21. The maximum Gasteiger partial charge on any atom is 0.417 e. The third-order valence-electron chi connectivity index (χ3n) is 5.33. The number of nitro benzene ring substituents is 1. The van der Waals surface area contributed by atoms with Gasteiger partial charge in [0.2, 0.25) is 0 Å². The number of hydrogen-bond acceptors (Lipinski definition) is 4. The molecule has 1 amide bonds. The van der Waals surface area contributed by atoms with Crippen molar-refractivity contribution in [1.29, 1.82) is 0 Å². The molecular weight excluding hydrogens is 411 g/mol. The smallest absolute Gasteiger partial charge is 0.282 e. The molecule has 0 aliphatic carbocycles. The van der Waals surface area contributed by atoms with Crippen LogP contribution in [0.3, 0.4) is 0 Å². The van der Waals surface area contributed by atoms with E-state index in [1.807, 2.05) is 0 Å². The van der Waals surface area contributed by atoms with Crippen LogP contribution < -0.4 is 5.01 Å². The van der Waals surface area contributed by atoms with Gasteiger partial charge in [-0.3, -0.25) is 19.9 Å². The number of nitrogens with zero attached hydrogens (tertiary/aromatic N) is 3. The van der Waals surface area contributed by atoms with E-state index < -0.39 is 28.1 Å². The Bertz CT molecular complexity index is 1160. The highest BCUT2D eigenvalue weighted by Crippen LogP contribution is 2.37. The predicted octanol–water partition coefficient (Wildman–Crippen LogP) is 5.42. The number of anilines is 1. The number of hydrazine groups is 1. The van der Waals surface area contributed by atoms with Crippen LogP contribution in [0.2, 0.25) is 0 Å². The van der Waals surface area contributed by atoms with Gasteiger partial charge >= 0.3 is 6.18 Å². The van der Waals surface area contributed by atoms with E-state index in [-0.39, 0.29) is 12.2 Å². The molecule has 0 saturated carbocycles. The molecule has 1 aliphatic heterocycles. The number of carbonyl (C=O) groups is 1. The molecule has 4 rings (SSSR count). The molecule has 0 spiro atoms. The second kappa shape index (κ2) is 7.90.